The van der Waals surface area contributed by atoms with Crippen molar-refractivity contribution in [3.63, 3.8) is 0 Å². The average molecular weight is 170 g/mol. The summed E-state index contributed by atoms with van der Waals surface area (Å²) in [6.07, 6.45) is 0. The lowest BCUT2D eigenvalue weighted by Crippen LogP contribution is -2.00. The first-order valence-corrected chi connectivity index (χ1v) is 3.69. The van der Waals surface area contributed by atoms with E-state index in [1.807, 2.05) is 0 Å². The number of aliphatic hydroxyl groups is 2. The molecule has 0 fully saturated rings. The lowest BCUT2D eigenvalue weighted by Gasteiger charge is -2.08. The Kier molecular flexibility index (Phi) is 2.78. The molecule has 0 heterocycles. The van der Waals surface area contributed by atoms with Crippen LogP contribution in [0, 0.1) is 12.7 Å². The van der Waals surface area contributed by atoms with E-state index in [-0.39, 0.29) is 18.8 Å². The van der Waals surface area contributed by atoms with Crippen LogP contribution in [0.2, 0.25) is 0 Å². The van der Waals surface area contributed by atoms with E-state index in [0.29, 0.717) is 5.56 Å². The minimum Gasteiger partial charge on any atom is -0.392 e. The highest BCUT2D eigenvalue weighted by Gasteiger charge is 2.08. The molecule has 0 saturated heterocycles. The molecule has 3 heteroatoms. The molecule has 0 atom stereocenters. The molecule has 0 aromatic heterocycles. The van der Waals surface area contributed by atoms with Gasteiger partial charge in [0, 0.05) is 5.56 Å². The Morgan fingerprint density at radius 1 is 1.17 bits per heavy atom. The molecule has 0 aliphatic rings. The van der Waals surface area contributed by atoms with E-state index in [1.54, 1.807) is 13.0 Å². The number of aliphatic hydroxyl groups excluding tert-OH is 2. The number of halogens is 1. The van der Waals surface area contributed by atoms with Gasteiger partial charge in [-0.05, 0) is 24.1 Å². The van der Waals surface area contributed by atoms with Crippen molar-refractivity contribution in [3.05, 3.63) is 34.6 Å². The Morgan fingerprint density at radius 2 is 1.75 bits per heavy atom. The Balaban J connectivity index is 3.28. The molecule has 12 heavy (non-hydrogen) atoms. The quantitative estimate of drug-likeness (QED) is 0.698. The maximum atomic E-state index is 12.9. The SMILES string of the molecule is Cc1ccc(F)c(CO)c1CO. The van der Waals surface area contributed by atoms with Gasteiger partial charge in [-0.15, -0.1) is 0 Å². The maximum absolute atomic E-state index is 12.9. The van der Waals surface area contributed by atoms with Crippen molar-refractivity contribution >= 4 is 0 Å². The van der Waals surface area contributed by atoms with Crippen LogP contribution in [-0.2, 0) is 13.2 Å². The highest BCUT2D eigenvalue weighted by Crippen LogP contribution is 2.17. The Hall–Kier alpha value is -0.930. The number of benzene rings is 1. The van der Waals surface area contributed by atoms with Crippen molar-refractivity contribution in [1.82, 2.24) is 0 Å². The van der Waals surface area contributed by atoms with Gasteiger partial charge in [-0.1, -0.05) is 6.07 Å². The largest absolute Gasteiger partial charge is 0.392 e. The molecule has 0 unspecified atom stereocenters. The number of rotatable bonds is 2. The summed E-state index contributed by atoms with van der Waals surface area (Å²) in [7, 11) is 0. The fourth-order valence-corrected chi connectivity index (χ4v) is 1.17. The Bertz CT molecular complexity index is 255. The van der Waals surface area contributed by atoms with Gasteiger partial charge in [0.1, 0.15) is 5.82 Å². The van der Waals surface area contributed by atoms with Gasteiger partial charge in [-0.3, -0.25) is 0 Å². The van der Waals surface area contributed by atoms with Crippen molar-refractivity contribution in [3.8, 4) is 0 Å². The fraction of sp³-hybridized carbons (Fsp3) is 0.333. The molecular formula is C9H11FO2. The number of hydrogen-bond acceptors (Lipinski definition) is 2. The van der Waals surface area contributed by atoms with Crippen LogP contribution in [0.5, 0.6) is 0 Å². The van der Waals surface area contributed by atoms with E-state index in [2.05, 4.69) is 0 Å². The number of hydrogen-bond donors (Lipinski definition) is 2. The van der Waals surface area contributed by atoms with Crippen molar-refractivity contribution in [2.24, 2.45) is 0 Å². The van der Waals surface area contributed by atoms with Crippen LogP contribution in [0.15, 0.2) is 12.1 Å². The van der Waals surface area contributed by atoms with Crippen LogP contribution in [-0.4, -0.2) is 10.2 Å². The summed E-state index contributed by atoms with van der Waals surface area (Å²) in [6, 6.07) is 2.88. The molecule has 2 N–H and O–H groups in total. The standard InChI is InChI=1S/C9H11FO2/c1-6-2-3-9(10)8(5-12)7(6)4-11/h2-3,11-12H,4-5H2,1H3. The predicted molar refractivity (Wildman–Crippen MR) is 43.0 cm³/mol. The molecule has 0 spiro atoms. The van der Waals surface area contributed by atoms with Gasteiger partial charge in [0.05, 0.1) is 13.2 Å². The number of aryl methyl sites for hydroxylation is 1. The molecular weight excluding hydrogens is 159 g/mol. The third-order valence-electron chi connectivity index (χ3n) is 1.92. The summed E-state index contributed by atoms with van der Waals surface area (Å²) < 4.78 is 12.9. The molecule has 0 aliphatic heterocycles. The highest BCUT2D eigenvalue weighted by molar-refractivity contribution is 5.34. The van der Waals surface area contributed by atoms with Crippen LogP contribution >= 0.6 is 0 Å². The summed E-state index contributed by atoms with van der Waals surface area (Å²) in [5.41, 5.74) is 1.47. The van der Waals surface area contributed by atoms with Gasteiger partial charge in [-0.25, -0.2) is 4.39 Å². The van der Waals surface area contributed by atoms with E-state index < -0.39 is 5.82 Å². The lowest BCUT2D eigenvalue weighted by molar-refractivity contribution is 0.254. The smallest absolute Gasteiger partial charge is 0.129 e. The summed E-state index contributed by atoms with van der Waals surface area (Å²) in [5, 5.41) is 17.7. The van der Waals surface area contributed by atoms with Gasteiger partial charge in [-0.2, -0.15) is 0 Å². The third-order valence-corrected chi connectivity index (χ3v) is 1.92. The normalized spacial score (nSPS) is 10.3. The minimum atomic E-state index is -0.466. The summed E-state index contributed by atoms with van der Waals surface area (Å²) in [5.74, 6) is -0.466. The first kappa shape index (κ1) is 9.16. The third kappa shape index (κ3) is 1.47. The van der Waals surface area contributed by atoms with E-state index in [0.717, 1.165) is 5.56 Å². The highest BCUT2D eigenvalue weighted by atomic mass is 19.1. The lowest BCUT2D eigenvalue weighted by atomic mass is 10.0. The van der Waals surface area contributed by atoms with Crippen LogP contribution < -0.4 is 0 Å². The topological polar surface area (TPSA) is 40.5 Å². The molecule has 66 valence electrons. The van der Waals surface area contributed by atoms with Crippen molar-refractivity contribution in [2.45, 2.75) is 20.1 Å². The molecule has 2 nitrogen and oxygen atoms in total. The minimum absolute atomic E-state index is 0.192. The fourth-order valence-electron chi connectivity index (χ4n) is 1.17. The van der Waals surface area contributed by atoms with Crippen LogP contribution in [0.1, 0.15) is 16.7 Å². The van der Waals surface area contributed by atoms with E-state index >= 15 is 0 Å². The maximum Gasteiger partial charge on any atom is 0.129 e. The molecule has 0 amide bonds. The van der Waals surface area contributed by atoms with Gasteiger partial charge in [0.25, 0.3) is 0 Å². The van der Waals surface area contributed by atoms with E-state index in [9.17, 15) is 4.39 Å². The zero-order valence-corrected chi connectivity index (χ0v) is 6.84. The van der Waals surface area contributed by atoms with Gasteiger partial charge >= 0.3 is 0 Å². The first-order chi connectivity index (χ1) is 5.70. The molecule has 1 rings (SSSR count). The second-order valence-corrected chi connectivity index (χ2v) is 2.64. The summed E-state index contributed by atoms with van der Waals surface area (Å²) in [4.78, 5) is 0. The summed E-state index contributed by atoms with van der Waals surface area (Å²) in [6.45, 7) is 1.16. The van der Waals surface area contributed by atoms with E-state index in [1.165, 1.54) is 6.07 Å². The van der Waals surface area contributed by atoms with Gasteiger partial charge < -0.3 is 10.2 Å². The second-order valence-electron chi connectivity index (χ2n) is 2.64. The second kappa shape index (κ2) is 3.65. The van der Waals surface area contributed by atoms with Crippen molar-refractivity contribution < 1.29 is 14.6 Å². The van der Waals surface area contributed by atoms with Crippen molar-refractivity contribution in [2.75, 3.05) is 0 Å². The Morgan fingerprint density at radius 3 is 2.17 bits per heavy atom. The molecule has 0 bridgehead atoms. The molecule has 0 radical (unpaired) electrons. The zero-order valence-electron chi connectivity index (χ0n) is 6.84. The molecule has 0 aliphatic carbocycles. The zero-order chi connectivity index (χ0) is 9.14. The van der Waals surface area contributed by atoms with Gasteiger partial charge in [0.15, 0.2) is 0 Å². The van der Waals surface area contributed by atoms with Crippen LogP contribution in [0.4, 0.5) is 4.39 Å². The average Bonchev–Trinajstić information content (AvgIpc) is 2.08. The molecule has 1 aromatic rings. The van der Waals surface area contributed by atoms with Crippen molar-refractivity contribution in [1.29, 1.82) is 0 Å². The van der Waals surface area contributed by atoms with E-state index in [4.69, 9.17) is 10.2 Å². The van der Waals surface area contributed by atoms with Crippen LogP contribution in [0.25, 0.3) is 0 Å². The summed E-state index contributed by atoms with van der Waals surface area (Å²) >= 11 is 0. The van der Waals surface area contributed by atoms with Crippen LogP contribution in [0.3, 0.4) is 0 Å². The molecule has 0 saturated carbocycles. The monoisotopic (exact) mass is 170 g/mol. The Labute approximate surface area is 70.3 Å². The predicted octanol–water partition coefficient (Wildman–Crippen LogP) is 1.12. The molecule has 1 aromatic carbocycles. The van der Waals surface area contributed by atoms with Gasteiger partial charge in [0.2, 0.25) is 0 Å². The first-order valence-electron chi connectivity index (χ1n) is 3.69.